The van der Waals surface area contributed by atoms with Gasteiger partial charge in [-0.15, -0.1) is 11.3 Å². The molecule has 1 atom stereocenters. The molecule has 0 aliphatic heterocycles. The molecule has 2 N–H and O–H groups in total. The van der Waals surface area contributed by atoms with E-state index in [2.05, 4.69) is 15.9 Å². The minimum Gasteiger partial charge on any atom is -0.329 e. The maximum absolute atomic E-state index is 12.6. The zero-order valence-corrected chi connectivity index (χ0v) is 12.0. The van der Waals surface area contributed by atoms with Crippen LogP contribution in [0, 0.1) is 0 Å². The Morgan fingerprint density at radius 1 is 1.50 bits per heavy atom. The fourth-order valence-electron chi connectivity index (χ4n) is 2.02. The molecule has 1 fully saturated rings. The summed E-state index contributed by atoms with van der Waals surface area (Å²) in [6.07, 6.45) is -2.51. The van der Waals surface area contributed by atoms with Crippen LogP contribution >= 0.6 is 27.3 Å². The molecule has 0 amide bonds. The number of halogens is 4. The smallest absolute Gasteiger partial charge is 0.329 e. The van der Waals surface area contributed by atoms with Gasteiger partial charge in [-0.3, -0.25) is 4.90 Å². The monoisotopic (exact) mass is 342 g/mol. The van der Waals surface area contributed by atoms with Gasteiger partial charge in [-0.2, -0.15) is 13.2 Å². The Morgan fingerprint density at radius 2 is 2.17 bits per heavy atom. The van der Waals surface area contributed by atoms with Crippen LogP contribution in [0.5, 0.6) is 0 Å². The van der Waals surface area contributed by atoms with E-state index < -0.39 is 12.7 Å². The largest absolute Gasteiger partial charge is 0.401 e. The summed E-state index contributed by atoms with van der Waals surface area (Å²) in [5, 5.41) is 1.87. The first-order chi connectivity index (χ1) is 8.40. The van der Waals surface area contributed by atoms with Crippen molar-refractivity contribution in [2.24, 2.45) is 5.73 Å². The summed E-state index contributed by atoms with van der Waals surface area (Å²) in [5.41, 5.74) is 5.68. The molecule has 1 saturated carbocycles. The van der Waals surface area contributed by atoms with Gasteiger partial charge >= 0.3 is 6.18 Å². The average molecular weight is 343 g/mol. The van der Waals surface area contributed by atoms with Gasteiger partial charge in [0.1, 0.15) is 0 Å². The lowest BCUT2D eigenvalue weighted by atomic mass is 10.2. The van der Waals surface area contributed by atoms with Crippen molar-refractivity contribution in [3.05, 3.63) is 20.8 Å². The Labute approximate surface area is 116 Å². The van der Waals surface area contributed by atoms with Crippen LogP contribution in [-0.4, -0.2) is 30.2 Å². The van der Waals surface area contributed by atoms with E-state index in [1.165, 1.54) is 16.2 Å². The second kappa shape index (κ2) is 5.48. The SMILES string of the molecule is NCC(c1cc(Br)cs1)N(CC(F)(F)F)C1CC1. The predicted molar refractivity (Wildman–Crippen MR) is 69.6 cm³/mol. The van der Waals surface area contributed by atoms with Crippen molar-refractivity contribution in [2.45, 2.75) is 31.1 Å². The molecule has 0 bridgehead atoms. The highest BCUT2D eigenvalue weighted by Gasteiger charge is 2.41. The first-order valence-electron chi connectivity index (χ1n) is 5.67. The highest BCUT2D eigenvalue weighted by Crippen LogP contribution is 2.38. The van der Waals surface area contributed by atoms with Crippen LogP contribution in [0.2, 0.25) is 0 Å². The summed E-state index contributed by atoms with van der Waals surface area (Å²) in [4.78, 5) is 2.39. The fraction of sp³-hybridized carbons (Fsp3) is 0.636. The number of rotatable bonds is 5. The highest BCUT2D eigenvalue weighted by atomic mass is 79.9. The van der Waals surface area contributed by atoms with Crippen molar-refractivity contribution in [3.63, 3.8) is 0 Å². The van der Waals surface area contributed by atoms with E-state index in [0.29, 0.717) is 0 Å². The highest BCUT2D eigenvalue weighted by molar-refractivity contribution is 9.10. The summed E-state index contributed by atoms with van der Waals surface area (Å²) in [6, 6.07) is 1.55. The maximum Gasteiger partial charge on any atom is 0.401 e. The van der Waals surface area contributed by atoms with Crippen LogP contribution in [0.15, 0.2) is 15.9 Å². The summed E-state index contributed by atoms with van der Waals surface area (Å²) in [6.45, 7) is -0.672. The first kappa shape index (κ1) is 14.3. The van der Waals surface area contributed by atoms with Gasteiger partial charge in [-0.1, -0.05) is 0 Å². The second-order valence-corrected chi connectivity index (χ2v) is 6.30. The lowest BCUT2D eigenvalue weighted by Gasteiger charge is -2.31. The molecule has 1 aliphatic carbocycles. The quantitative estimate of drug-likeness (QED) is 0.886. The van der Waals surface area contributed by atoms with Gasteiger partial charge < -0.3 is 5.73 Å². The third-order valence-corrected chi connectivity index (χ3v) is 4.71. The Kier molecular flexibility index (Phi) is 4.36. The lowest BCUT2D eigenvalue weighted by molar-refractivity contribution is -0.152. The molecule has 0 saturated heterocycles. The van der Waals surface area contributed by atoms with Crippen molar-refractivity contribution in [3.8, 4) is 0 Å². The van der Waals surface area contributed by atoms with Crippen molar-refractivity contribution < 1.29 is 13.2 Å². The molecule has 1 heterocycles. The van der Waals surface area contributed by atoms with Gasteiger partial charge in [0.25, 0.3) is 0 Å². The van der Waals surface area contributed by atoms with Gasteiger partial charge in [-0.25, -0.2) is 0 Å². The topological polar surface area (TPSA) is 29.3 Å². The average Bonchev–Trinajstić information content (AvgIpc) is 3.01. The molecule has 1 aromatic rings. The molecule has 1 aromatic heterocycles. The normalized spacial score (nSPS) is 18.3. The minimum absolute atomic E-state index is 0.0288. The van der Waals surface area contributed by atoms with E-state index in [1.807, 2.05) is 11.4 Å². The van der Waals surface area contributed by atoms with Gasteiger partial charge in [0.15, 0.2) is 0 Å². The summed E-state index contributed by atoms with van der Waals surface area (Å²) < 4.78 is 38.8. The van der Waals surface area contributed by atoms with Gasteiger partial charge in [0.05, 0.1) is 12.6 Å². The van der Waals surface area contributed by atoms with Crippen molar-refractivity contribution >= 4 is 27.3 Å². The van der Waals surface area contributed by atoms with E-state index in [1.54, 1.807) is 0 Å². The number of hydrogen-bond acceptors (Lipinski definition) is 3. The number of nitrogens with two attached hydrogens (primary N) is 1. The molecular weight excluding hydrogens is 329 g/mol. The first-order valence-corrected chi connectivity index (χ1v) is 7.34. The van der Waals surface area contributed by atoms with Crippen LogP contribution in [-0.2, 0) is 0 Å². The molecular formula is C11H14BrF3N2S. The van der Waals surface area contributed by atoms with Crippen molar-refractivity contribution in [1.29, 1.82) is 0 Å². The van der Waals surface area contributed by atoms with E-state index in [-0.39, 0.29) is 18.6 Å². The molecule has 0 spiro atoms. The van der Waals surface area contributed by atoms with E-state index in [9.17, 15) is 13.2 Å². The van der Waals surface area contributed by atoms with E-state index in [0.717, 1.165) is 22.2 Å². The van der Waals surface area contributed by atoms with E-state index in [4.69, 9.17) is 5.73 Å². The van der Waals surface area contributed by atoms with Gasteiger partial charge in [-0.05, 0) is 34.8 Å². The predicted octanol–water partition coefficient (Wildman–Crippen LogP) is 3.54. The van der Waals surface area contributed by atoms with Gasteiger partial charge in [0, 0.05) is 27.3 Å². The zero-order valence-electron chi connectivity index (χ0n) is 9.58. The molecule has 0 aromatic carbocycles. The standard InChI is InChI=1S/C11H14BrF3N2S/c12-7-3-10(18-5-7)9(4-16)17(8-1-2-8)6-11(13,14)15/h3,5,8-9H,1-2,4,6,16H2. The molecule has 18 heavy (non-hydrogen) atoms. The Morgan fingerprint density at radius 3 is 2.56 bits per heavy atom. The lowest BCUT2D eigenvalue weighted by Crippen LogP contribution is -2.41. The second-order valence-electron chi connectivity index (χ2n) is 4.44. The molecule has 2 nitrogen and oxygen atoms in total. The molecule has 7 heteroatoms. The van der Waals surface area contributed by atoms with E-state index >= 15 is 0 Å². The molecule has 0 radical (unpaired) electrons. The third kappa shape index (κ3) is 3.69. The third-order valence-electron chi connectivity index (χ3n) is 2.92. The number of thiophene rings is 1. The van der Waals surface area contributed by atoms with Crippen LogP contribution in [0.25, 0.3) is 0 Å². The number of hydrogen-bond donors (Lipinski definition) is 1. The fourth-order valence-corrected chi connectivity index (χ4v) is 3.60. The minimum atomic E-state index is -4.18. The summed E-state index contributed by atoms with van der Waals surface area (Å²) >= 11 is 4.77. The van der Waals surface area contributed by atoms with Crippen LogP contribution in [0.1, 0.15) is 23.8 Å². The molecule has 1 unspecified atom stereocenters. The Balaban J connectivity index is 2.17. The molecule has 1 aliphatic rings. The van der Waals surface area contributed by atoms with Crippen molar-refractivity contribution in [2.75, 3.05) is 13.1 Å². The summed E-state index contributed by atoms with van der Waals surface area (Å²) in [5.74, 6) is 0. The molecule has 102 valence electrons. The number of nitrogens with zero attached hydrogens (tertiary/aromatic N) is 1. The Hall–Kier alpha value is -0.110. The van der Waals surface area contributed by atoms with Crippen molar-refractivity contribution in [1.82, 2.24) is 4.90 Å². The van der Waals surface area contributed by atoms with Crippen LogP contribution in [0.3, 0.4) is 0 Å². The van der Waals surface area contributed by atoms with Crippen LogP contribution < -0.4 is 5.73 Å². The number of alkyl halides is 3. The molecule has 2 rings (SSSR count). The van der Waals surface area contributed by atoms with Gasteiger partial charge in [0.2, 0.25) is 0 Å². The maximum atomic E-state index is 12.6. The zero-order chi connectivity index (χ0) is 13.3. The van der Waals surface area contributed by atoms with Crippen LogP contribution in [0.4, 0.5) is 13.2 Å². The Bertz CT molecular complexity index is 403. The summed E-state index contributed by atoms with van der Waals surface area (Å²) in [7, 11) is 0.